The minimum absolute atomic E-state index is 0. The first-order valence-electron chi connectivity index (χ1n) is 12.9. The van der Waals surface area contributed by atoms with Crippen molar-refractivity contribution >= 4 is 51.6 Å². The predicted octanol–water partition coefficient (Wildman–Crippen LogP) is 1.10. The van der Waals surface area contributed by atoms with Gasteiger partial charge in [-0.3, -0.25) is 0 Å². The summed E-state index contributed by atoms with van der Waals surface area (Å²) in [5.41, 5.74) is 20.6. The second kappa shape index (κ2) is 9.37. The van der Waals surface area contributed by atoms with Gasteiger partial charge in [-0.1, -0.05) is 0 Å². The van der Waals surface area contributed by atoms with Crippen LogP contribution < -0.4 is 31.4 Å². The third kappa shape index (κ3) is 3.63. The molecule has 39 heavy (non-hydrogen) atoms. The van der Waals surface area contributed by atoms with Crippen LogP contribution in [0.4, 0.5) is 11.4 Å². The van der Waals surface area contributed by atoms with Gasteiger partial charge >= 0.3 is 230 Å². The summed E-state index contributed by atoms with van der Waals surface area (Å²) in [4.78, 5) is 10.4. The molecule has 4 aromatic rings. The Hall–Kier alpha value is -2.84. The molecule has 0 aromatic heterocycles. The minimum Gasteiger partial charge on any atom is -1.00 e. The fourth-order valence-corrected chi connectivity index (χ4v) is 9.94. The number of hydrogen-bond acceptors (Lipinski definition) is 2. The SMILES string of the molecule is CC1=C2C(=Nc3ccc[c]([Zr+2][c]4cccc5c4C4=C(C)c6ccc(C)cc6C4=N5)c32)c2cc(C)ccc21.[Cl-].[Cl-]. The third-order valence-corrected chi connectivity index (χ3v) is 11.6. The van der Waals surface area contributed by atoms with Gasteiger partial charge in [0.05, 0.1) is 0 Å². The average Bonchev–Trinajstić information content (AvgIpc) is 3.60. The molecule has 2 aliphatic heterocycles. The van der Waals surface area contributed by atoms with E-state index in [1.54, 1.807) is 0 Å². The maximum atomic E-state index is 5.18. The van der Waals surface area contributed by atoms with Crippen molar-refractivity contribution in [3.8, 4) is 0 Å². The van der Waals surface area contributed by atoms with Crippen molar-refractivity contribution in [1.29, 1.82) is 0 Å². The topological polar surface area (TPSA) is 24.7 Å². The molecule has 2 nitrogen and oxygen atoms in total. The standard InChI is InChI=1S/2C17H12N.2ClH.Zr/c2*1-10-7-8-12-11(2)16-13-5-3-4-6-15(13)18-17(16)14(12)9-10;;;/h2*3-4,6-9H,1-2H3;2*1H;/q;;;;+2/p-2. The Morgan fingerprint density at radius 1 is 0.513 bits per heavy atom. The molecule has 2 heterocycles. The van der Waals surface area contributed by atoms with Crippen LogP contribution in [0.1, 0.15) is 58.4 Å². The number of rotatable bonds is 2. The van der Waals surface area contributed by atoms with Crippen molar-refractivity contribution in [3.63, 3.8) is 0 Å². The van der Waals surface area contributed by atoms with Crippen molar-refractivity contribution in [2.45, 2.75) is 27.7 Å². The quantitative estimate of drug-likeness (QED) is 0.320. The molecular weight excluding hydrogens is 599 g/mol. The van der Waals surface area contributed by atoms with Gasteiger partial charge in [0.15, 0.2) is 0 Å². The van der Waals surface area contributed by atoms with Crippen LogP contribution >= 0.6 is 0 Å². The fraction of sp³-hybridized carbons (Fsp3) is 0.118. The number of benzene rings is 4. The summed E-state index contributed by atoms with van der Waals surface area (Å²) in [5, 5.41) is 0. The van der Waals surface area contributed by atoms with Gasteiger partial charge in [-0.15, -0.1) is 0 Å². The molecule has 0 fully saturated rings. The van der Waals surface area contributed by atoms with E-state index in [4.69, 9.17) is 9.98 Å². The molecule has 0 amide bonds. The normalized spacial score (nSPS) is 14.8. The predicted molar refractivity (Wildman–Crippen MR) is 152 cm³/mol. The van der Waals surface area contributed by atoms with Crippen LogP contribution in [0, 0.1) is 13.8 Å². The largest absolute Gasteiger partial charge is 1.00 e. The Morgan fingerprint density at radius 2 is 0.949 bits per heavy atom. The maximum Gasteiger partial charge on any atom is -1.00 e. The summed E-state index contributed by atoms with van der Waals surface area (Å²) in [6, 6.07) is 27.1. The van der Waals surface area contributed by atoms with Crippen LogP contribution in [0.2, 0.25) is 0 Å². The summed E-state index contributed by atoms with van der Waals surface area (Å²) in [6.45, 7) is 8.88. The van der Waals surface area contributed by atoms with Gasteiger partial charge in [-0.2, -0.15) is 0 Å². The van der Waals surface area contributed by atoms with Crippen molar-refractivity contribution < 1.29 is 48.0 Å². The number of aliphatic imine (C=N–C) groups is 2. The molecule has 0 bridgehead atoms. The van der Waals surface area contributed by atoms with E-state index >= 15 is 0 Å². The van der Waals surface area contributed by atoms with E-state index < -0.39 is 23.2 Å². The van der Waals surface area contributed by atoms with Crippen LogP contribution in [-0.4, -0.2) is 11.4 Å². The van der Waals surface area contributed by atoms with Gasteiger partial charge in [0, 0.05) is 0 Å². The van der Waals surface area contributed by atoms with E-state index in [0.29, 0.717) is 0 Å². The smallest absolute Gasteiger partial charge is 1.00 e. The summed E-state index contributed by atoms with van der Waals surface area (Å²) in [7, 11) is 0. The molecule has 0 spiro atoms. The first kappa shape index (κ1) is 26.4. The Balaban J connectivity index is 0.00000138. The Kier molecular flexibility index (Phi) is 6.34. The van der Waals surface area contributed by atoms with Crippen LogP contribution in [0.15, 0.2) is 82.8 Å². The van der Waals surface area contributed by atoms with Crippen LogP contribution in [0.3, 0.4) is 0 Å². The Bertz CT molecular complexity index is 1750. The first-order valence-corrected chi connectivity index (χ1v) is 15.3. The maximum absolute atomic E-state index is 5.18. The molecule has 0 radical (unpaired) electrons. The minimum atomic E-state index is -1.17. The summed E-state index contributed by atoms with van der Waals surface area (Å²) < 4.78 is 3.01. The molecule has 5 heteroatoms. The number of aryl methyl sites for hydroxylation is 2. The van der Waals surface area contributed by atoms with Crippen molar-refractivity contribution in [1.82, 2.24) is 0 Å². The zero-order valence-corrected chi connectivity index (χ0v) is 26.0. The number of fused-ring (bicyclic) bond motifs is 10. The molecule has 4 aromatic carbocycles. The van der Waals surface area contributed by atoms with Gasteiger partial charge in [-0.25, -0.2) is 0 Å². The molecule has 0 N–H and O–H groups in total. The molecule has 0 saturated carbocycles. The molecular formula is C34H24Cl2N2Zr. The van der Waals surface area contributed by atoms with Gasteiger partial charge in [0.2, 0.25) is 0 Å². The van der Waals surface area contributed by atoms with Crippen LogP contribution in [-0.2, 0) is 23.2 Å². The number of hydrogen-bond donors (Lipinski definition) is 0. The Labute approximate surface area is 253 Å². The van der Waals surface area contributed by atoms with E-state index in [1.807, 2.05) is 0 Å². The number of halogens is 2. The van der Waals surface area contributed by atoms with Crippen molar-refractivity contribution in [2.75, 3.05) is 0 Å². The van der Waals surface area contributed by atoms with Gasteiger partial charge in [-0.05, 0) is 0 Å². The molecule has 2 aliphatic carbocycles. The second-order valence-electron chi connectivity index (χ2n) is 10.5. The van der Waals surface area contributed by atoms with E-state index in [1.165, 1.54) is 84.8 Å². The second-order valence-corrected chi connectivity index (χ2v) is 13.8. The van der Waals surface area contributed by atoms with E-state index in [-0.39, 0.29) is 24.8 Å². The first-order chi connectivity index (χ1) is 18.0. The molecule has 8 rings (SSSR count). The molecule has 4 aliphatic rings. The zero-order valence-electron chi connectivity index (χ0n) is 22.1. The van der Waals surface area contributed by atoms with E-state index in [2.05, 4.69) is 100 Å². The third-order valence-electron chi connectivity index (χ3n) is 8.21. The van der Waals surface area contributed by atoms with Crippen LogP contribution in [0.5, 0.6) is 0 Å². The van der Waals surface area contributed by atoms with Crippen LogP contribution in [0.25, 0.3) is 22.3 Å². The average molecular weight is 623 g/mol. The summed E-state index contributed by atoms with van der Waals surface area (Å²) >= 11 is -1.17. The molecule has 0 unspecified atom stereocenters. The number of allylic oxidation sites excluding steroid dienone is 4. The fourth-order valence-electron chi connectivity index (χ4n) is 6.49. The van der Waals surface area contributed by atoms with E-state index in [0.717, 1.165) is 11.4 Å². The summed E-state index contributed by atoms with van der Waals surface area (Å²) in [5.74, 6) is 0. The molecule has 0 atom stereocenters. The Morgan fingerprint density at radius 3 is 1.38 bits per heavy atom. The van der Waals surface area contributed by atoms with Crippen molar-refractivity contribution in [3.05, 3.63) is 117 Å². The zero-order chi connectivity index (χ0) is 25.0. The van der Waals surface area contributed by atoms with Gasteiger partial charge < -0.3 is 24.8 Å². The number of nitrogens with zero attached hydrogens (tertiary/aromatic N) is 2. The van der Waals surface area contributed by atoms with E-state index in [9.17, 15) is 0 Å². The van der Waals surface area contributed by atoms with Gasteiger partial charge in [0.1, 0.15) is 0 Å². The summed E-state index contributed by atoms with van der Waals surface area (Å²) in [6.07, 6.45) is 0. The van der Waals surface area contributed by atoms with Gasteiger partial charge in [0.25, 0.3) is 0 Å². The molecule has 0 saturated heterocycles. The van der Waals surface area contributed by atoms with Crippen molar-refractivity contribution in [2.24, 2.45) is 9.98 Å². The monoisotopic (exact) mass is 620 g/mol. The molecule has 188 valence electrons.